The lowest BCUT2D eigenvalue weighted by molar-refractivity contribution is -0.122. The second kappa shape index (κ2) is 9.47. The van der Waals surface area contributed by atoms with Gasteiger partial charge in [-0.15, -0.1) is 0 Å². The maximum atomic E-state index is 13.4. The summed E-state index contributed by atoms with van der Waals surface area (Å²) < 4.78 is 13.4. The summed E-state index contributed by atoms with van der Waals surface area (Å²) in [5.74, 6) is -1.51. The van der Waals surface area contributed by atoms with Crippen LogP contribution in [0.1, 0.15) is 54.4 Å². The summed E-state index contributed by atoms with van der Waals surface area (Å²) in [6, 6.07) is 11.6. The molecule has 0 saturated carbocycles. The van der Waals surface area contributed by atoms with E-state index in [4.69, 9.17) is 0 Å². The van der Waals surface area contributed by atoms with Gasteiger partial charge in [0, 0.05) is 12.1 Å². The fourth-order valence-corrected chi connectivity index (χ4v) is 4.38. The summed E-state index contributed by atoms with van der Waals surface area (Å²) in [4.78, 5) is 42.2. The molecule has 1 atom stereocenters. The van der Waals surface area contributed by atoms with Gasteiger partial charge in [-0.2, -0.15) is 0 Å². The van der Waals surface area contributed by atoms with Gasteiger partial charge in [-0.25, -0.2) is 9.29 Å². The molecule has 1 aliphatic heterocycles. The molecule has 1 unspecified atom stereocenters. The summed E-state index contributed by atoms with van der Waals surface area (Å²) in [5, 5.41) is 0. The molecule has 0 spiro atoms. The van der Waals surface area contributed by atoms with E-state index in [1.807, 2.05) is 19.1 Å². The predicted octanol–water partition coefficient (Wildman–Crippen LogP) is 4.80. The van der Waals surface area contributed by atoms with Gasteiger partial charge in [0.25, 0.3) is 11.8 Å². The number of allylic oxidation sites excluding steroid dienone is 1. The Hall–Kier alpha value is -3.28. The lowest BCUT2D eigenvalue weighted by atomic mass is 9.96. The molecule has 3 amide bonds. The third kappa shape index (κ3) is 4.64. The second-order valence-electron chi connectivity index (χ2n) is 8.49. The Morgan fingerprint density at radius 1 is 1.06 bits per heavy atom. The van der Waals surface area contributed by atoms with Gasteiger partial charge in [-0.05, 0) is 75.4 Å². The second-order valence-corrected chi connectivity index (χ2v) is 8.49. The monoisotopic (exact) mass is 434 g/mol. The van der Waals surface area contributed by atoms with Crippen molar-refractivity contribution >= 4 is 23.4 Å². The Morgan fingerprint density at radius 3 is 2.44 bits per heavy atom. The van der Waals surface area contributed by atoms with Crippen LogP contribution in [0.3, 0.4) is 0 Å². The Labute approximate surface area is 187 Å². The van der Waals surface area contributed by atoms with Crippen LogP contribution < -0.4 is 4.90 Å². The third-order valence-corrected chi connectivity index (χ3v) is 6.20. The average molecular weight is 435 g/mol. The lowest BCUT2D eigenvalue weighted by Gasteiger charge is -2.28. The Balaban J connectivity index is 1.60. The van der Waals surface area contributed by atoms with E-state index in [1.165, 1.54) is 46.1 Å². The van der Waals surface area contributed by atoms with E-state index < -0.39 is 17.8 Å². The van der Waals surface area contributed by atoms with Crippen molar-refractivity contribution in [3.05, 3.63) is 77.1 Å². The largest absolute Gasteiger partial charge is 0.326 e. The highest BCUT2D eigenvalue weighted by atomic mass is 19.1. The Bertz CT molecular complexity index is 1040. The molecule has 0 aromatic heterocycles. The van der Waals surface area contributed by atoms with Crippen molar-refractivity contribution < 1.29 is 18.8 Å². The number of hydrogen-bond donors (Lipinski definition) is 0. The van der Waals surface area contributed by atoms with Crippen molar-refractivity contribution in [3.63, 3.8) is 0 Å². The SMILES string of the molecule is Cc1ccc(N2C(=O)CC(N(CCC3=CCCCC3)C(=O)c3ccc(F)cc3)C2=O)cc1. The topological polar surface area (TPSA) is 57.7 Å². The Kier molecular flexibility index (Phi) is 6.49. The highest BCUT2D eigenvalue weighted by Crippen LogP contribution is 2.28. The number of carbonyl (C=O) groups excluding carboxylic acids is 3. The first-order valence-corrected chi connectivity index (χ1v) is 11.1. The normalized spacial score (nSPS) is 18.6. The van der Waals surface area contributed by atoms with Crippen LogP contribution in [0.2, 0.25) is 0 Å². The van der Waals surface area contributed by atoms with Crippen LogP contribution in [0, 0.1) is 12.7 Å². The van der Waals surface area contributed by atoms with Crippen molar-refractivity contribution in [1.29, 1.82) is 0 Å². The molecule has 5 nitrogen and oxygen atoms in total. The molecule has 0 bridgehead atoms. The highest BCUT2D eigenvalue weighted by Gasteiger charge is 2.44. The molecule has 1 aliphatic carbocycles. The summed E-state index contributed by atoms with van der Waals surface area (Å²) >= 11 is 0. The number of carbonyl (C=O) groups is 3. The number of benzene rings is 2. The number of halogens is 1. The zero-order valence-electron chi connectivity index (χ0n) is 18.2. The first-order valence-electron chi connectivity index (χ1n) is 11.1. The van der Waals surface area contributed by atoms with E-state index >= 15 is 0 Å². The molecule has 2 aromatic rings. The van der Waals surface area contributed by atoms with Crippen LogP contribution in [0.25, 0.3) is 0 Å². The molecule has 166 valence electrons. The Morgan fingerprint density at radius 2 is 1.78 bits per heavy atom. The quantitative estimate of drug-likeness (QED) is 0.485. The molecule has 4 rings (SSSR count). The van der Waals surface area contributed by atoms with Gasteiger partial charge < -0.3 is 4.90 Å². The van der Waals surface area contributed by atoms with Gasteiger partial charge in [0.15, 0.2) is 0 Å². The van der Waals surface area contributed by atoms with Crippen molar-refractivity contribution in [2.45, 2.75) is 51.5 Å². The first-order chi connectivity index (χ1) is 15.4. The molecule has 2 aliphatic rings. The smallest absolute Gasteiger partial charge is 0.257 e. The minimum absolute atomic E-state index is 0.0569. The van der Waals surface area contributed by atoms with Crippen molar-refractivity contribution in [3.8, 4) is 0 Å². The number of aryl methyl sites for hydroxylation is 1. The average Bonchev–Trinajstić information content (AvgIpc) is 3.09. The number of anilines is 1. The molecule has 1 saturated heterocycles. The van der Waals surface area contributed by atoms with Gasteiger partial charge >= 0.3 is 0 Å². The zero-order chi connectivity index (χ0) is 22.7. The molecule has 1 fully saturated rings. The molecule has 2 aromatic carbocycles. The number of hydrogen-bond acceptors (Lipinski definition) is 3. The molecule has 0 N–H and O–H groups in total. The van der Waals surface area contributed by atoms with Gasteiger partial charge in [0.1, 0.15) is 11.9 Å². The molecule has 0 radical (unpaired) electrons. The van der Waals surface area contributed by atoms with Crippen LogP contribution in [0.5, 0.6) is 0 Å². The third-order valence-electron chi connectivity index (χ3n) is 6.20. The maximum Gasteiger partial charge on any atom is 0.257 e. The van der Waals surface area contributed by atoms with Crippen molar-refractivity contribution in [2.75, 3.05) is 11.4 Å². The highest BCUT2D eigenvalue weighted by molar-refractivity contribution is 6.23. The zero-order valence-corrected chi connectivity index (χ0v) is 18.2. The first kappa shape index (κ1) is 21.9. The van der Waals surface area contributed by atoms with E-state index in [-0.39, 0.29) is 18.2 Å². The standard InChI is InChI=1S/C26H27FN2O3/c1-18-7-13-22(14-8-18)29-24(30)17-23(26(29)32)28(16-15-19-5-3-2-4-6-19)25(31)20-9-11-21(27)12-10-20/h5,7-14,23H,2-4,6,15-17H2,1H3. The van der Waals surface area contributed by atoms with Gasteiger partial charge in [0.05, 0.1) is 12.1 Å². The van der Waals surface area contributed by atoms with E-state index in [0.29, 0.717) is 24.2 Å². The van der Waals surface area contributed by atoms with Crippen molar-refractivity contribution in [2.24, 2.45) is 0 Å². The molecule has 1 heterocycles. The number of amides is 3. The van der Waals surface area contributed by atoms with Crippen LogP contribution in [0.15, 0.2) is 60.2 Å². The number of nitrogens with zero attached hydrogens (tertiary/aromatic N) is 2. The van der Waals surface area contributed by atoms with Gasteiger partial charge in [-0.1, -0.05) is 29.3 Å². The summed E-state index contributed by atoms with van der Waals surface area (Å²) in [5.41, 5.74) is 3.12. The predicted molar refractivity (Wildman–Crippen MR) is 121 cm³/mol. The fourth-order valence-electron chi connectivity index (χ4n) is 4.38. The van der Waals surface area contributed by atoms with Crippen LogP contribution in [-0.2, 0) is 9.59 Å². The van der Waals surface area contributed by atoms with Crippen molar-refractivity contribution in [1.82, 2.24) is 4.90 Å². The molecule has 32 heavy (non-hydrogen) atoms. The summed E-state index contributed by atoms with van der Waals surface area (Å²) in [6.07, 6.45) is 7.13. The molecular formula is C26H27FN2O3. The molecular weight excluding hydrogens is 407 g/mol. The van der Waals surface area contributed by atoms with Gasteiger partial charge in [-0.3, -0.25) is 14.4 Å². The minimum atomic E-state index is -0.870. The number of imide groups is 1. The summed E-state index contributed by atoms with van der Waals surface area (Å²) in [7, 11) is 0. The van der Waals surface area contributed by atoms with Gasteiger partial charge in [0.2, 0.25) is 5.91 Å². The number of rotatable bonds is 6. The van der Waals surface area contributed by atoms with E-state index in [2.05, 4.69) is 6.08 Å². The van der Waals surface area contributed by atoms with Crippen LogP contribution in [0.4, 0.5) is 10.1 Å². The maximum absolute atomic E-state index is 13.4. The fraction of sp³-hybridized carbons (Fsp3) is 0.346. The van der Waals surface area contributed by atoms with E-state index in [9.17, 15) is 18.8 Å². The summed E-state index contributed by atoms with van der Waals surface area (Å²) in [6.45, 7) is 2.27. The lowest BCUT2D eigenvalue weighted by Crippen LogP contribution is -2.46. The molecule has 6 heteroatoms. The van der Waals surface area contributed by atoms with Crippen LogP contribution in [-0.4, -0.2) is 35.2 Å². The van der Waals surface area contributed by atoms with Crippen LogP contribution >= 0.6 is 0 Å². The van der Waals surface area contributed by atoms with E-state index in [1.54, 1.807) is 12.1 Å². The van der Waals surface area contributed by atoms with E-state index in [0.717, 1.165) is 24.8 Å². The minimum Gasteiger partial charge on any atom is -0.326 e.